The molecule has 2 aromatic carbocycles. The average Bonchev–Trinajstić information content (AvgIpc) is 3.39. The molecule has 5 nitrogen and oxygen atoms in total. The molecule has 1 saturated heterocycles. The first-order valence-electron chi connectivity index (χ1n) is 10.5. The number of hydrogen-bond donors (Lipinski definition) is 0. The van der Waals surface area contributed by atoms with Gasteiger partial charge < -0.3 is 9.80 Å². The number of nitrogens with zero attached hydrogens (tertiary/aromatic N) is 4. The van der Waals surface area contributed by atoms with Gasteiger partial charge in [-0.2, -0.15) is 4.37 Å². The van der Waals surface area contributed by atoms with Crippen molar-refractivity contribution in [1.82, 2.24) is 9.27 Å². The first-order chi connectivity index (χ1) is 14.6. The molecule has 0 bridgehead atoms. The van der Waals surface area contributed by atoms with E-state index in [1.54, 1.807) is 16.4 Å². The second-order valence-electron chi connectivity index (χ2n) is 8.04. The van der Waals surface area contributed by atoms with E-state index in [2.05, 4.69) is 38.4 Å². The van der Waals surface area contributed by atoms with Gasteiger partial charge in [0.05, 0.1) is 4.70 Å². The maximum atomic E-state index is 15.0. The van der Waals surface area contributed by atoms with Gasteiger partial charge in [0.1, 0.15) is 11.6 Å². The van der Waals surface area contributed by atoms with E-state index in [4.69, 9.17) is 0 Å². The van der Waals surface area contributed by atoms with E-state index in [-0.39, 0.29) is 11.7 Å². The number of halogens is 1. The first kappa shape index (κ1) is 19.5. The van der Waals surface area contributed by atoms with Crippen molar-refractivity contribution in [2.45, 2.75) is 19.8 Å². The Morgan fingerprint density at radius 1 is 1.10 bits per heavy atom. The Bertz CT molecular complexity index is 1090. The molecule has 0 radical (unpaired) electrons. The lowest BCUT2D eigenvalue weighted by Crippen LogP contribution is -2.47. The summed E-state index contributed by atoms with van der Waals surface area (Å²) in [6.45, 7) is 6.75. The molecule has 2 aliphatic rings. The number of anilines is 2. The van der Waals surface area contributed by atoms with Crippen LogP contribution < -0.4 is 9.80 Å². The predicted molar refractivity (Wildman–Crippen MR) is 120 cm³/mol. The summed E-state index contributed by atoms with van der Waals surface area (Å²) in [5, 5.41) is 1.23. The van der Waals surface area contributed by atoms with Gasteiger partial charge in [0.25, 0.3) is 0 Å². The number of amides is 1. The van der Waals surface area contributed by atoms with E-state index in [0.717, 1.165) is 49.8 Å². The summed E-state index contributed by atoms with van der Waals surface area (Å²) >= 11 is 1.56. The largest absolute Gasteiger partial charge is 0.353 e. The van der Waals surface area contributed by atoms with Gasteiger partial charge in [0.2, 0.25) is 5.91 Å². The standard InChI is InChI=1S/C23H25FN4OS/c1-16(29)28-11-9-18-20(28)7-6-17(22(18)24)8-10-26-12-14-27(15-13-26)23-19-4-2-3-5-21(19)30-25-23/h2-7H,8-15H2,1H3. The highest BCUT2D eigenvalue weighted by Crippen LogP contribution is 2.32. The van der Waals surface area contributed by atoms with E-state index in [9.17, 15) is 9.18 Å². The lowest BCUT2D eigenvalue weighted by atomic mass is 10.0. The quantitative estimate of drug-likeness (QED) is 0.640. The summed E-state index contributed by atoms with van der Waals surface area (Å²) in [6, 6.07) is 12.1. The second-order valence-corrected chi connectivity index (χ2v) is 8.84. The Hall–Kier alpha value is -2.51. The van der Waals surface area contributed by atoms with Gasteiger partial charge in [-0.15, -0.1) is 0 Å². The van der Waals surface area contributed by atoms with Crippen LogP contribution in [-0.2, 0) is 17.6 Å². The van der Waals surface area contributed by atoms with Crippen molar-refractivity contribution in [2.75, 3.05) is 49.1 Å². The summed E-state index contributed by atoms with van der Waals surface area (Å²) in [6.07, 6.45) is 1.30. The zero-order chi connectivity index (χ0) is 20.7. The second kappa shape index (κ2) is 7.96. The molecule has 7 heteroatoms. The van der Waals surface area contributed by atoms with Crippen LogP contribution in [0.5, 0.6) is 0 Å². The van der Waals surface area contributed by atoms with Gasteiger partial charge in [-0.3, -0.25) is 9.69 Å². The molecule has 30 heavy (non-hydrogen) atoms. The maximum Gasteiger partial charge on any atom is 0.223 e. The Balaban J connectivity index is 1.20. The fourth-order valence-electron chi connectivity index (χ4n) is 4.58. The minimum absolute atomic E-state index is 0.0216. The number of carbonyl (C=O) groups is 1. The SMILES string of the molecule is CC(=O)N1CCc2c1ccc(CCN1CCN(c3nsc4ccccc34)CC1)c2F. The molecule has 156 valence electrons. The van der Waals surface area contributed by atoms with Crippen molar-refractivity contribution in [3.05, 3.63) is 53.3 Å². The fourth-order valence-corrected chi connectivity index (χ4v) is 5.37. The predicted octanol–water partition coefficient (Wildman–Crippen LogP) is 3.71. The zero-order valence-corrected chi connectivity index (χ0v) is 17.9. The molecule has 3 aromatic rings. The number of aromatic nitrogens is 1. The number of fused-ring (bicyclic) bond motifs is 2. The molecule has 1 aromatic heterocycles. The van der Waals surface area contributed by atoms with Crippen molar-refractivity contribution in [3.63, 3.8) is 0 Å². The Labute approximate surface area is 179 Å². The van der Waals surface area contributed by atoms with Gasteiger partial charge in [0.15, 0.2) is 0 Å². The smallest absolute Gasteiger partial charge is 0.223 e. The van der Waals surface area contributed by atoms with Crippen molar-refractivity contribution >= 4 is 39.0 Å². The minimum atomic E-state index is -0.121. The normalized spacial score (nSPS) is 17.0. The van der Waals surface area contributed by atoms with E-state index >= 15 is 0 Å². The van der Waals surface area contributed by atoms with Crippen molar-refractivity contribution in [1.29, 1.82) is 0 Å². The average molecular weight is 425 g/mol. The summed E-state index contributed by atoms with van der Waals surface area (Å²) in [5.74, 6) is 0.949. The molecular weight excluding hydrogens is 399 g/mol. The molecule has 0 N–H and O–H groups in total. The fraction of sp³-hybridized carbons (Fsp3) is 0.391. The number of piperazine rings is 1. The first-order valence-corrected chi connectivity index (χ1v) is 11.3. The Morgan fingerprint density at radius 3 is 2.70 bits per heavy atom. The van der Waals surface area contributed by atoms with Crippen LogP contribution in [0, 0.1) is 5.82 Å². The molecular formula is C23H25FN4OS. The molecule has 0 aliphatic carbocycles. The van der Waals surface area contributed by atoms with Crippen LogP contribution in [0.4, 0.5) is 15.9 Å². The van der Waals surface area contributed by atoms with Gasteiger partial charge in [-0.1, -0.05) is 18.2 Å². The number of carbonyl (C=O) groups excluding carboxylic acids is 1. The summed E-state index contributed by atoms with van der Waals surface area (Å²) in [5.41, 5.74) is 2.20. The topological polar surface area (TPSA) is 39.7 Å². The van der Waals surface area contributed by atoms with Gasteiger partial charge >= 0.3 is 0 Å². The van der Waals surface area contributed by atoms with Gasteiger partial charge in [-0.25, -0.2) is 4.39 Å². The molecule has 5 rings (SSSR count). The molecule has 1 fully saturated rings. The van der Waals surface area contributed by atoms with E-state index in [1.807, 2.05) is 12.1 Å². The summed E-state index contributed by atoms with van der Waals surface area (Å²) in [7, 11) is 0. The number of benzene rings is 2. The van der Waals surface area contributed by atoms with Gasteiger partial charge in [0, 0.05) is 62.8 Å². The van der Waals surface area contributed by atoms with Crippen molar-refractivity contribution in [2.24, 2.45) is 0 Å². The molecule has 0 saturated carbocycles. The van der Waals surface area contributed by atoms with Crippen molar-refractivity contribution < 1.29 is 9.18 Å². The Kier molecular flexibility index (Phi) is 5.16. The molecule has 0 unspecified atom stereocenters. The maximum absolute atomic E-state index is 15.0. The lowest BCUT2D eigenvalue weighted by Gasteiger charge is -2.35. The van der Waals surface area contributed by atoms with E-state index < -0.39 is 0 Å². The van der Waals surface area contributed by atoms with Crippen LogP contribution in [0.15, 0.2) is 36.4 Å². The molecule has 0 atom stereocenters. The van der Waals surface area contributed by atoms with Crippen LogP contribution in [-0.4, -0.2) is 54.4 Å². The van der Waals surface area contributed by atoms with E-state index in [0.29, 0.717) is 24.9 Å². The van der Waals surface area contributed by atoms with Crippen LogP contribution in [0.3, 0.4) is 0 Å². The third kappa shape index (κ3) is 3.46. The highest BCUT2D eigenvalue weighted by Gasteiger charge is 2.27. The van der Waals surface area contributed by atoms with Crippen molar-refractivity contribution in [3.8, 4) is 0 Å². The lowest BCUT2D eigenvalue weighted by molar-refractivity contribution is -0.116. The van der Waals surface area contributed by atoms with Crippen LogP contribution in [0.2, 0.25) is 0 Å². The van der Waals surface area contributed by atoms with E-state index in [1.165, 1.54) is 17.0 Å². The molecule has 0 spiro atoms. The molecule has 2 aliphatic heterocycles. The van der Waals surface area contributed by atoms with Crippen LogP contribution >= 0.6 is 11.5 Å². The van der Waals surface area contributed by atoms with Gasteiger partial charge in [-0.05, 0) is 48.1 Å². The summed E-state index contributed by atoms with van der Waals surface area (Å²) in [4.78, 5) is 18.1. The highest BCUT2D eigenvalue weighted by atomic mass is 32.1. The third-order valence-corrected chi connectivity index (χ3v) is 7.10. The molecule has 1 amide bonds. The monoisotopic (exact) mass is 424 g/mol. The number of hydrogen-bond acceptors (Lipinski definition) is 5. The minimum Gasteiger partial charge on any atom is -0.353 e. The third-order valence-electron chi connectivity index (χ3n) is 6.28. The molecule has 3 heterocycles. The number of rotatable bonds is 4. The highest BCUT2D eigenvalue weighted by molar-refractivity contribution is 7.13. The zero-order valence-electron chi connectivity index (χ0n) is 17.1. The van der Waals surface area contributed by atoms with Crippen LogP contribution in [0.1, 0.15) is 18.1 Å². The Morgan fingerprint density at radius 2 is 1.90 bits per heavy atom. The summed E-state index contributed by atoms with van der Waals surface area (Å²) < 4.78 is 20.9. The van der Waals surface area contributed by atoms with Crippen LogP contribution in [0.25, 0.3) is 10.1 Å².